The largest absolute Gasteiger partial charge is 0.496 e. The van der Waals surface area contributed by atoms with E-state index < -0.39 is 17.3 Å². The highest BCUT2D eigenvalue weighted by molar-refractivity contribution is 5.83. The van der Waals surface area contributed by atoms with Gasteiger partial charge >= 0.3 is 5.97 Å². The molecule has 1 rings (SSSR count). The third-order valence-corrected chi connectivity index (χ3v) is 2.41. The van der Waals surface area contributed by atoms with Gasteiger partial charge in [0.05, 0.1) is 19.3 Å². The number of benzene rings is 1. The van der Waals surface area contributed by atoms with Gasteiger partial charge in [-0.15, -0.1) is 0 Å². The van der Waals surface area contributed by atoms with Gasteiger partial charge in [-0.3, -0.25) is 0 Å². The van der Waals surface area contributed by atoms with Gasteiger partial charge in [0.2, 0.25) is 0 Å². The number of hydrogen-bond donors (Lipinski definition) is 1. The molecule has 0 spiro atoms. The number of esters is 1. The molecule has 0 amide bonds. The Hall–Kier alpha value is -1.62. The zero-order valence-corrected chi connectivity index (χ0v) is 10.1. The Morgan fingerprint density at radius 3 is 2.71 bits per heavy atom. The summed E-state index contributed by atoms with van der Waals surface area (Å²) in [6.07, 6.45) is 0. The van der Waals surface area contributed by atoms with Crippen LogP contribution in [0.4, 0.5) is 4.39 Å². The molecule has 0 radical (unpaired) electrons. The first-order chi connectivity index (χ1) is 7.95. The van der Waals surface area contributed by atoms with Crippen molar-refractivity contribution in [3.63, 3.8) is 0 Å². The van der Waals surface area contributed by atoms with Gasteiger partial charge in [0.1, 0.15) is 17.1 Å². The Balaban J connectivity index is 3.26. The van der Waals surface area contributed by atoms with Crippen molar-refractivity contribution in [2.45, 2.75) is 19.4 Å². The molecule has 1 aromatic rings. The Kier molecular flexibility index (Phi) is 4.07. The number of nitrogens with two attached hydrogens (primary N) is 1. The normalized spacial score (nSPS) is 13.9. The summed E-state index contributed by atoms with van der Waals surface area (Å²) in [7, 11) is 1.39. The smallest absolute Gasteiger partial charge is 0.330 e. The maximum atomic E-state index is 13.8. The van der Waals surface area contributed by atoms with E-state index in [1.807, 2.05) is 0 Å². The average Bonchev–Trinajstić information content (AvgIpc) is 2.28. The van der Waals surface area contributed by atoms with Crippen molar-refractivity contribution >= 4 is 5.97 Å². The van der Waals surface area contributed by atoms with Crippen LogP contribution in [0.5, 0.6) is 5.75 Å². The minimum absolute atomic E-state index is 0.000880. The first-order valence-electron chi connectivity index (χ1n) is 5.24. The summed E-state index contributed by atoms with van der Waals surface area (Å²) in [5.41, 5.74) is 4.27. The number of halogens is 1. The van der Waals surface area contributed by atoms with E-state index in [0.717, 1.165) is 0 Å². The van der Waals surface area contributed by atoms with Crippen molar-refractivity contribution in [3.8, 4) is 5.75 Å². The number of hydrogen-bond acceptors (Lipinski definition) is 4. The zero-order valence-electron chi connectivity index (χ0n) is 10.1. The van der Waals surface area contributed by atoms with Crippen molar-refractivity contribution in [1.29, 1.82) is 0 Å². The van der Waals surface area contributed by atoms with Gasteiger partial charge in [-0.05, 0) is 26.0 Å². The molecular weight excluding hydrogens is 225 g/mol. The van der Waals surface area contributed by atoms with E-state index in [0.29, 0.717) is 0 Å². The molecule has 0 aliphatic carbocycles. The van der Waals surface area contributed by atoms with E-state index in [4.69, 9.17) is 15.2 Å². The summed E-state index contributed by atoms with van der Waals surface area (Å²) >= 11 is 0. The van der Waals surface area contributed by atoms with Gasteiger partial charge in [0.25, 0.3) is 0 Å². The van der Waals surface area contributed by atoms with Crippen LogP contribution in [0, 0.1) is 5.82 Å². The van der Waals surface area contributed by atoms with E-state index in [2.05, 4.69) is 0 Å². The second-order valence-corrected chi connectivity index (χ2v) is 3.74. The monoisotopic (exact) mass is 241 g/mol. The van der Waals surface area contributed by atoms with Crippen molar-refractivity contribution in [2.24, 2.45) is 5.73 Å². The molecule has 4 nitrogen and oxygen atoms in total. The predicted octanol–water partition coefficient (Wildman–Crippen LogP) is 1.57. The van der Waals surface area contributed by atoms with Gasteiger partial charge in [-0.2, -0.15) is 0 Å². The number of carbonyl (C=O) groups is 1. The lowest BCUT2D eigenvalue weighted by atomic mass is 9.92. The zero-order chi connectivity index (χ0) is 13.1. The van der Waals surface area contributed by atoms with E-state index in [-0.39, 0.29) is 17.9 Å². The lowest BCUT2D eigenvalue weighted by Gasteiger charge is -2.25. The molecule has 1 atom stereocenters. The highest BCUT2D eigenvalue weighted by atomic mass is 19.1. The third-order valence-electron chi connectivity index (χ3n) is 2.41. The highest BCUT2D eigenvalue weighted by Crippen LogP contribution is 2.31. The molecule has 5 heteroatoms. The van der Waals surface area contributed by atoms with Crippen molar-refractivity contribution in [2.75, 3.05) is 13.7 Å². The van der Waals surface area contributed by atoms with Crippen molar-refractivity contribution in [3.05, 3.63) is 29.6 Å². The van der Waals surface area contributed by atoms with Crippen LogP contribution in [-0.2, 0) is 15.1 Å². The number of rotatable bonds is 4. The predicted molar refractivity (Wildman–Crippen MR) is 61.1 cm³/mol. The van der Waals surface area contributed by atoms with Crippen LogP contribution in [0.1, 0.15) is 19.4 Å². The molecule has 0 bridgehead atoms. The minimum Gasteiger partial charge on any atom is -0.496 e. The number of methoxy groups -OCH3 is 1. The highest BCUT2D eigenvalue weighted by Gasteiger charge is 2.37. The fourth-order valence-electron chi connectivity index (χ4n) is 1.56. The summed E-state index contributed by atoms with van der Waals surface area (Å²) < 4.78 is 23.6. The van der Waals surface area contributed by atoms with Crippen LogP contribution in [-0.4, -0.2) is 19.7 Å². The van der Waals surface area contributed by atoms with E-state index in [9.17, 15) is 9.18 Å². The fraction of sp³-hybridized carbons (Fsp3) is 0.417. The second kappa shape index (κ2) is 5.14. The lowest BCUT2D eigenvalue weighted by Crippen LogP contribution is -2.44. The molecule has 0 saturated heterocycles. The Morgan fingerprint density at radius 2 is 2.18 bits per heavy atom. The molecule has 1 unspecified atom stereocenters. The van der Waals surface area contributed by atoms with E-state index >= 15 is 0 Å². The fourth-order valence-corrected chi connectivity index (χ4v) is 1.56. The Morgan fingerprint density at radius 1 is 1.53 bits per heavy atom. The molecule has 0 heterocycles. The molecule has 0 saturated carbocycles. The van der Waals surface area contributed by atoms with Crippen LogP contribution in [0.25, 0.3) is 0 Å². The molecular formula is C12H16FNO3. The lowest BCUT2D eigenvalue weighted by molar-refractivity contribution is -0.149. The second-order valence-electron chi connectivity index (χ2n) is 3.74. The standard InChI is InChI=1S/C12H16FNO3/c1-4-17-11(15)12(2,14)10-8(13)6-5-7-9(10)16-3/h5-7H,4,14H2,1-3H3. The molecule has 94 valence electrons. The summed E-state index contributed by atoms with van der Waals surface area (Å²) in [5.74, 6) is -1.06. The molecule has 1 aromatic carbocycles. The molecule has 0 fully saturated rings. The third kappa shape index (κ3) is 2.55. The van der Waals surface area contributed by atoms with Gasteiger partial charge < -0.3 is 15.2 Å². The maximum absolute atomic E-state index is 13.8. The van der Waals surface area contributed by atoms with Crippen LogP contribution in [0.15, 0.2) is 18.2 Å². The van der Waals surface area contributed by atoms with Crippen molar-refractivity contribution < 1.29 is 18.7 Å². The number of carbonyl (C=O) groups excluding carboxylic acids is 1. The first kappa shape index (κ1) is 13.4. The van der Waals surface area contributed by atoms with Gasteiger partial charge in [-0.25, -0.2) is 9.18 Å². The summed E-state index contributed by atoms with van der Waals surface area (Å²) in [6.45, 7) is 3.24. The van der Waals surface area contributed by atoms with Gasteiger partial charge in [0.15, 0.2) is 0 Å². The SMILES string of the molecule is CCOC(=O)C(C)(N)c1c(F)cccc1OC. The van der Waals surface area contributed by atoms with Crippen LogP contribution in [0.2, 0.25) is 0 Å². The number of ether oxygens (including phenoxy) is 2. The van der Waals surface area contributed by atoms with Crippen LogP contribution in [0.3, 0.4) is 0 Å². The van der Waals surface area contributed by atoms with Gasteiger partial charge in [-0.1, -0.05) is 6.07 Å². The minimum atomic E-state index is -1.58. The summed E-state index contributed by atoms with van der Waals surface area (Å²) in [6, 6.07) is 4.25. The quantitative estimate of drug-likeness (QED) is 0.813. The Bertz CT molecular complexity index is 418. The van der Waals surface area contributed by atoms with Crippen molar-refractivity contribution in [1.82, 2.24) is 0 Å². The molecule has 0 aromatic heterocycles. The summed E-state index contributed by atoms with van der Waals surface area (Å²) in [5, 5.41) is 0. The van der Waals surface area contributed by atoms with E-state index in [1.165, 1.54) is 26.2 Å². The maximum Gasteiger partial charge on any atom is 0.330 e. The van der Waals surface area contributed by atoms with Gasteiger partial charge in [0, 0.05) is 0 Å². The van der Waals surface area contributed by atoms with E-state index in [1.54, 1.807) is 13.0 Å². The topological polar surface area (TPSA) is 61.5 Å². The molecule has 17 heavy (non-hydrogen) atoms. The average molecular weight is 241 g/mol. The molecule has 0 aliphatic rings. The first-order valence-corrected chi connectivity index (χ1v) is 5.24. The molecule has 2 N–H and O–H groups in total. The van der Waals surface area contributed by atoms with Crippen LogP contribution >= 0.6 is 0 Å². The van der Waals surface area contributed by atoms with Crippen LogP contribution < -0.4 is 10.5 Å². The Labute approximate surface area is 99.5 Å². The molecule has 0 aliphatic heterocycles. The summed E-state index contributed by atoms with van der Waals surface area (Å²) in [4.78, 5) is 11.7.